The van der Waals surface area contributed by atoms with Gasteiger partial charge >= 0.3 is 0 Å². The molecule has 0 radical (unpaired) electrons. The van der Waals surface area contributed by atoms with Crippen LogP contribution in [-0.2, 0) is 4.79 Å². The molecule has 2 aliphatic rings. The van der Waals surface area contributed by atoms with Gasteiger partial charge in [-0.3, -0.25) is 9.69 Å². The van der Waals surface area contributed by atoms with Gasteiger partial charge in [0.15, 0.2) is 0 Å². The normalized spacial score (nSPS) is 19.0. The highest BCUT2D eigenvalue weighted by Gasteiger charge is 2.27. The van der Waals surface area contributed by atoms with Crippen molar-refractivity contribution in [3.05, 3.63) is 30.3 Å². The maximum atomic E-state index is 14.3. The minimum absolute atomic E-state index is 0.155. The van der Waals surface area contributed by atoms with Crippen molar-refractivity contribution in [2.24, 2.45) is 0 Å². The van der Waals surface area contributed by atoms with Gasteiger partial charge in [0.05, 0.1) is 21.4 Å². The Bertz CT molecular complexity index is 1060. The Hall–Kier alpha value is -1.77. The summed E-state index contributed by atoms with van der Waals surface area (Å²) in [6.07, 6.45) is 8.14. The van der Waals surface area contributed by atoms with Gasteiger partial charge < -0.3 is 4.90 Å². The van der Waals surface area contributed by atoms with Crippen LogP contribution in [0.15, 0.2) is 29.6 Å². The quantitative estimate of drug-likeness (QED) is 0.436. The number of thioether (sulfide) groups is 1. The summed E-state index contributed by atoms with van der Waals surface area (Å²) >= 11 is 2.92. The molecule has 0 unspecified atom stereocenters. The number of halogens is 1. The molecule has 1 aliphatic carbocycles. The van der Waals surface area contributed by atoms with Gasteiger partial charge in [0.2, 0.25) is 5.91 Å². The standard InChI is InChI=1S/C22H25FN4OS2/c23-16-7-4-8-17-19(16)20-21(30-17)22(25-14-24-20)29-13-18(28)27-11-9-26(10-12-27)15-5-2-1-3-6-15/h4,7-8,14-15H,1-3,5-6,9-13H2. The molecule has 3 heterocycles. The van der Waals surface area contributed by atoms with Crippen LogP contribution in [0.1, 0.15) is 32.1 Å². The molecule has 158 valence electrons. The maximum absolute atomic E-state index is 14.3. The molecular formula is C22H25FN4OS2. The van der Waals surface area contributed by atoms with Gasteiger partial charge in [-0.25, -0.2) is 14.4 Å². The lowest BCUT2D eigenvalue weighted by Gasteiger charge is -2.40. The number of piperazine rings is 1. The number of benzene rings is 1. The minimum atomic E-state index is -0.264. The molecule has 3 aromatic rings. The van der Waals surface area contributed by atoms with Gasteiger partial charge in [-0.2, -0.15) is 0 Å². The molecule has 5 rings (SSSR count). The molecule has 1 aliphatic heterocycles. The first kappa shape index (κ1) is 20.2. The molecule has 1 saturated carbocycles. The van der Waals surface area contributed by atoms with E-state index in [2.05, 4.69) is 14.9 Å². The first-order chi connectivity index (χ1) is 14.7. The van der Waals surface area contributed by atoms with E-state index >= 15 is 0 Å². The molecule has 0 atom stereocenters. The molecule has 2 aromatic heterocycles. The van der Waals surface area contributed by atoms with Crippen LogP contribution in [0.5, 0.6) is 0 Å². The Kier molecular flexibility index (Phi) is 5.89. The van der Waals surface area contributed by atoms with Gasteiger partial charge in [0, 0.05) is 36.9 Å². The number of nitrogens with zero attached hydrogens (tertiary/aromatic N) is 4. The van der Waals surface area contributed by atoms with Crippen molar-refractivity contribution >= 4 is 49.3 Å². The summed E-state index contributed by atoms with van der Waals surface area (Å²) in [6, 6.07) is 5.79. The first-order valence-electron chi connectivity index (χ1n) is 10.7. The molecule has 1 aromatic carbocycles. The first-order valence-corrected chi connectivity index (χ1v) is 12.5. The monoisotopic (exact) mass is 444 g/mol. The number of hydrogen-bond donors (Lipinski definition) is 0. The van der Waals surface area contributed by atoms with Gasteiger partial charge in [-0.15, -0.1) is 11.3 Å². The molecule has 0 N–H and O–H groups in total. The lowest BCUT2D eigenvalue weighted by Crippen LogP contribution is -2.52. The van der Waals surface area contributed by atoms with E-state index in [1.807, 2.05) is 11.0 Å². The summed E-state index contributed by atoms with van der Waals surface area (Å²) in [7, 11) is 0. The summed E-state index contributed by atoms with van der Waals surface area (Å²) in [4.78, 5) is 26.1. The summed E-state index contributed by atoms with van der Waals surface area (Å²) in [5.41, 5.74) is 0.638. The Labute approximate surface area is 183 Å². The van der Waals surface area contributed by atoms with Gasteiger partial charge in [0.25, 0.3) is 0 Å². The SMILES string of the molecule is O=C(CSc1ncnc2c1sc1cccc(F)c12)N1CCN(C2CCCCC2)CC1. The van der Waals surface area contributed by atoms with Crippen LogP contribution in [-0.4, -0.2) is 63.6 Å². The van der Waals surface area contributed by atoms with Gasteiger partial charge in [0.1, 0.15) is 17.2 Å². The van der Waals surface area contributed by atoms with Crippen LogP contribution in [0, 0.1) is 5.82 Å². The van der Waals surface area contributed by atoms with Gasteiger partial charge in [-0.05, 0) is 25.0 Å². The number of aromatic nitrogens is 2. The number of thiophene rings is 1. The van der Waals surface area contributed by atoms with Crippen molar-refractivity contribution in [1.82, 2.24) is 19.8 Å². The Morgan fingerprint density at radius 1 is 1.13 bits per heavy atom. The van der Waals surface area contributed by atoms with Crippen LogP contribution in [0.3, 0.4) is 0 Å². The van der Waals surface area contributed by atoms with Crippen molar-refractivity contribution in [1.29, 1.82) is 0 Å². The molecule has 8 heteroatoms. The molecule has 5 nitrogen and oxygen atoms in total. The van der Waals surface area contributed by atoms with E-state index in [0.717, 1.165) is 40.6 Å². The van der Waals surface area contributed by atoms with Crippen LogP contribution >= 0.6 is 23.1 Å². The Morgan fingerprint density at radius 3 is 2.73 bits per heavy atom. The third-order valence-corrected chi connectivity index (χ3v) is 8.54. The fourth-order valence-corrected chi connectivity index (χ4v) is 6.81. The molecular weight excluding hydrogens is 419 g/mol. The second kappa shape index (κ2) is 8.77. The van der Waals surface area contributed by atoms with Crippen LogP contribution in [0.4, 0.5) is 4.39 Å². The minimum Gasteiger partial charge on any atom is -0.339 e. The predicted molar refractivity (Wildman–Crippen MR) is 121 cm³/mol. The summed E-state index contributed by atoms with van der Waals surface area (Å²) < 4.78 is 16.0. The number of hydrogen-bond acceptors (Lipinski definition) is 6. The number of amides is 1. The molecule has 1 amide bonds. The Morgan fingerprint density at radius 2 is 1.93 bits per heavy atom. The number of fused-ring (bicyclic) bond motifs is 3. The van der Waals surface area contributed by atoms with Crippen molar-refractivity contribution in [3.63, 3.8) is 0 Å². The van der Waals surface area contributed by atoms with Crippen molar-refractivity contribution in [2.45, 2.75) is 43.2 Å². The highest BCUT2D eigenvalue weighted by atomic mass is 32.2. The van der Waals surface area contributed by atoms with Crippen molar-refractivity contribution < 1.29 is 9.18 Å². The number of carbonyl (C=O) groups excluding carboxylic acids is 1. The van der Waals surface area contributed by atoms with Crippen LogP contribution in [0.2, 0.25) is 0 Å². The van der Waals surface area contributed by atoms with Crippen molar-refractivity contribution in [3.8, 4) is 0 Å². The largest absolute Gasteiger partial charge is 0.339 e. The predicted octanol–water partition coefficient (Wildman–Crippen LogP) is 4.55. The lowest BCUT2D eigenvalue weighted by atomic mass is 9.94. The zero-order valence-electron chi connectivity index (χ0n) is 16.8. The average Bonchev–Trinajstić information content (AvgIpc) is 3.19. The van der Waals surface area contributed by atoms with E-state index in [-0.39, 0.29) is 11.7 Å². The zero-order valence-corrected chi connectivity index (χ0v) is 18.5. The highest BCUT2D eigenvalue weighted by molar-refractivity contribution is 8.00. The number of carbonyl (C=O) groups is 1. The van der Waals surface area contributed by atoms with Gasteiger partial charge in [-0.1, -0.05) is 37.1 Å². The van der Waals surface area contributed by atoms with E-state index in [9.17, 15) is 9.18 Å². The fourth-order valence-electron chi connectivity index (χ4n) is 4.66. The molecule has 0 spiro atoms. The molecule has 2 fully saturated rings. The topological polar surface area (TPSA) is 49.3 Å². The Balaban J connectivity index is 1.23. The summed E-state index contributed by atoms with van der Waals surface area (Å²) in [5, 5.41) is 1.31. The van der Waals surface area contributed by atoms with E-state index in [1.54, 1.807) is 6.07 Å². The van der Waals surface area contributed by atoms with E-state index in [1.165, 1.54) is 67.6 Å². The van der Waals surface area contributed by atoms with E-state index < -0.39 is 0 Å². The smallest absolute Gasteiger partial charge is 0.233 e. The third-order valence-electron chi connectivity index (χ3n) is 6.29. The summed E-state index contributed by atoms with van der Waals surface area (Å²) in [6.45, 7) is 3.58. The molecule has 30 heavy (non-hydrogen) atoms. The van der Waals surface area contributed by atoms with Crippen LogP contribution in [0.25, 0.3) is 20.3 Å². The zero-order chi connectivity index (χ0) is 20.5. The number of rotatable bonds is 4. The maximum Gasteiger partial charge on any atom is 0.233 e. The van der Waals surface area contributed by atoms with Crippen LogP contribution < -0.4 is 0 Å². The molecule has 0 bridgehead atoms. The molecule has 1 saturated heterocycles. The second-order valence-electron chi connectivity index (χ2n) is 8.07. The fraction of sp³-hybridized carbons (Fsp3) is 0.500. The third kappa shape index (κ3) is 3.92. The van der Waals surface area contributed by atoms with E-state index in [4.69, 9.17) is 0 Å². The van der Waals surface area contributed by atoms with E-state index in [0.29, 0.717) is 22.7 Å². The lowest BCUT2D eigenvalue weighted by molar-refractivity contribution is -0.130. The summed E-state index contributed by atoms with van der Waals surface area (Å²) in [5.74, 6) is 0.245. The highest BCUT2D eigenvalue weighted by Crippen LogP contribution is 2.38. The van der Waals surface area contributed by atoms with Crippen molar-refractivity contribution in [2.75, 3.05) is 31.9 Å². The average molecular weight is 445 g/mol. The second-order valence-corrected chi connectivity index (χ2v) is 10.1.